The highest BCUT2D eigenvalue weighted by Gasteiger charge is 2.31. The lowest BCUT2D eigenvalue weighted by atomic mass is 9.97. The first-order chi connectivity index (χ1) is 10.7. The minimum absolute atomic E-state index is 0.143. The number of likely N-dealkylation sites (tertiary alicyclic amines) is 1. The number of halogens is 1. The van der Waals surface area contributed by atoms with Crippen LogP contribution >= 0.6 is 15.9 Å². The van der Waals surface area contributed by atoms with Crippen LogP contribution in [0.3, 0.4) is 0 Å². The molecule has 7 heteroatoms. The Labute approximate surface area is 146 Å². The summed E-state index contributed by atoms with van der Waals surface area (Å²) in [7, 11) is -3.54. The van der Waals surface area contributed by atoms with E-state index in [0.717, 1.165) is 30.0 Å². The van der Waals surface area contributed by atoms with Crippen LogP contribution in [0.25, 0.3) is 0 Å². The van der Waals surface area contributed by atoms with Gasteiger partial charge in [-0.25, -0.2) is 8.42 Å². The Kier molecular flexibility index (Phi) is 5.73. The summed E-state index contributed by atoms with van der Waals surface area (Å²) in [6, 6.07) is 7.28. The average Bonchev–Trinajstić information content (AvgIpc) is 2.43. The second kappa shape index (κ2) is 7.21. The smallest absolute Gasteiger partial charge is 0.243 e. The number of hydrogen-bond donors (Lipinski definition) is 0. The molecule has 1 aromatic rings. The van der Waals surface area contributed by atoms with Gasteiger partial charge >= 0.3 is 0 Å². The average molecular weight is 403 g/mol. The Bertz CT molecular complexity index is 668. The lowest BCUT2D eigenvalue weighted by Crippen LogP contribution is -2.51. The Morgan fingerprint density at radius 2 is 1.91 bits per heavy atom. The molecule has 0 radical (unpaired) electrons. The monoisotopic (exact) mass is 402 g/mol. The van der Waals surface area contributed by atoms with E-state index in [2.05, 4.69) is 15.9 Å². The van der Waals surface area contributed by atoms with Gasteiger partial charge in [0.05, 0.1) is 11.9 Å². The van der Waals surface area contributed by atoms with Crippen LogP contribution in [0.1, 0.15) is 33.1 Å². The quantitative estimate of drug-likeness (QED) is 0.777. The van der Waals surface area contributed by atoms with Gasteiger partial charge in [-0.1, -0.05) is 22.0 Å². The molecule has 0 aromatic heterocycles. The fraction of sp³-hybridized carbons (Fsp3) is 0.562. The number of hydrogen-bond acceptors (Lipinski definition) is 3. The SMILES string of the molecule is C[C@@H]1CCC[C@H](C)N1C(=O)CN(c1cccc(Br)c1)S(C)(=O)=O. The Hall–Kier alpha value is -1.08. The summed E-state index contributed by atoms with van der Waals surface area (Å²) in [5.74, 6) is -0.143. The van der Waals surface area contributed by atoms with Gasteiger partial charge in [-0.15, -0.1) is 0 Å². The number of anilines is 1. The van der Waals surface area contributed by atoms with E-state index in [1.807, 2.05) is 24.8 Å². The van der Waals surface area contributed by atoms with Gasteiger partial charge < -0.3 is 4.90 Å². The summed E-state index contributed by atoms with van der Waals surface area (Å²) in [4.78, 5) is 14.6. The second-order valence-electron chi connectivity index (χ2n) is 6.18. The lowest BCUT2D eigenvalue weighted by molar-refractivity contribution is -0.135. The van der Waals surface area contributed by atoms with E-state index in [9.17, 15) is 13.2 Å². The van der Waals surface area contributed by atoms with E-state index in [-0.39, 0.29) is 24.5 Å². The number of carbonyl (C=O) groups is 1. The molecule has 0 aliphatic carbocycles. The van der Waals surface area contributed by atoms with E-state index in [1.165, 1.54) is 4.31 Å². The van der Waals surface area contributed by atoms with Crippen LogP contribution in [-0.2, 0) is 14.8 Å². The number of nitrogens with zero attached hydrogens (tertiary/aromatic N) is 2. The third kappa shape index (κ3) is 4.47. The van der Waals surface area contributed by atoms with Gasteiger partial charge in [0.25, 0.3) is 0 Å². The maximum Gasteiger partial charge on any atom is 0.243 e. The van der Waals surface area contributed by atoms with Crippen molar-refractivity contribution in [1.29, 1.82) is 0 Å². The Morgan fingerprint density at radius 1 is 1.30 bits per heavy atom. The lowest BCUT2D eigenvalue weighted by Gasteiger charge is -2.40. The van der Waals surface area contributed by atoms with E-state index in [0.29, 0.717) is 5.69 Å². The highest BCUT2D eigenvalue weighted by atomic mass is 79.9. The van der Waals surface area contributed by atoms with Gasteiger partial charge in [-0.2, -0.15) is 0 Å². The third-order valence-corrected chi connectivity index (χ3v) is 5.89. The van der Waals surface area contributed by atoms with Crippen LogP contribution < -0.4 is 4.31 Å². The molecule has 1 aliphatic heterocycles. The van der Waals surface area contributed by atoms with Crippen molar-refractivity contribution in [3.63, 3.8) is 0 Å². The summed E-state index contributed by atoms with van der Waals surface area (Å²) in [6.45, 7) is 3.89. The van der Waals surface area contributed by atoms with Gasteiger partial charge in [0.1, 0.15) is 6.54 Å². The molecular formula is C16H23BrN2O3S. The van der Waals surface area contributed by atoms with Crippen molar-refractivity contribution < 1.29 is 13.2 Å². The fourth-order valence-electron chi connectivity index (χ4n) is 3.15. The molecule has 0 unspecified atom stereocenters. The van der Waals surface area contributed by atoms with Crippen molar-refractivity contribution >= 4 is 37.5 Å². The molecular weight excluding hydrogens is 380 g/mol. The first kappa shape index (κ1) is 18.3. The molecule has 0 bridgehead atoms. The molecule has 1 aliphatic rings. The first-order valence-corrected chi connectivity index (χ1v) is 10.4. The molecule has 1 aromatic carbocycles. The summed E-state index contributed by atoms with van der Waals surface area (Å²) in [5, 5.41) is 0. The van der Waals surface area contributed by atoms with E-state index >= 15 is 0 Å². The minimum atomic E-state index is -3.54. The van der Waals surface area contributed by atoms with Crippen molar-refractivity contribution in [3.8, 4) is 0 Å². The summed E-state index contributed by atoms with van der Waals surface area (Å²) < 4.78 is 26.3. The van der Waals surface area contributed by atoms with Gasteiger partial charge in [-0.05, 0) is 51.3 Å². The summed E-state index contributed by atoms with van der Waals surface area (Å²) in [6.07, 6.45) is 4.16. The molecule has 1 fully saturated rings. The molecule has 128 valence electrons. The van der Waals surface area contributed by atoms with E-state index in [1.54, 1.807) is 18.2 Å². The van der Waals surface area contributed by atoms with Crippen LogP contribution in [0.4, 0.5) is 5.69 Å². The highest BCUT2D eigenvalue weighted by molar-refractivity contribution is 9.10. The van der Waals surface area contributed by atoms with Crippen molar-refractivity contribution in [2.75, 3.05) is 17.1 Å². The Balaban J connectivity index is 2.26. The fourth-order valence-corrected chi connectivity index (χ4v) is 4.38. The Morgan fingerprint density at radius 3 is 2.43 bits per heavy atom. The normalized spacial score (nSPS) is 22.0. The van der Waals surface area contributed by atoms with Crippen molar-refractivity contribution in [2.45, 2.75) is 45.2 Å². The number of piperidine rings is 1. The van der Waals surface area contributed by atoms with Crippen molar-refractivity contribution in [2.24, 2.45) is 0 Å². The number of sulfonamides is 1. The standard InChI is InChI=1S/C16H23BrN2O3S/c1-12-6-4-7-13(2)19(12)16(20)11-18(23(3,21)22)15-9-5-8-14(17)10-15/h5,8-10,12-13H,4,6-7,11H2,1-3H3/t12-,13+. The molecule has 1 heterocycles. The van der Waals surface area contributed by atoms with Crippen molar-refractivity contribution in [1.82, 2.24) is 4.90 Å². The van der Waals surface area contributed by atoms with Crippen LogP contribution in [0.2, 0.25) is 0 Å². The van der Waals surface area contributed by atoms with Crippen LogP contribution in [0, 0.1) is 0 Å². The van der Waals surface area contributed by atoms with Gasteiger partial charge in [0, 0.05) is 16.6 Å². The zero-order valence-corrected chi connectivity index (χ0v) is 16.1. The van der Waals surface area contributed by atoms with Crippen LogP contribution in [-0.4, -0.2) is 44.1 Å². The minimum Gasteiger partial charge on any atom is -0.336 e. The van der Waals surface area contributed by atoms with E-state index < -0.39 is 10.0 Å². The van der Waals surface area contributed by atoms with Gasteiger partial charge in [-0.3, -0.25) is 9.10 Å². The summed E-state index contributed by atoms with van der Waals surface area (Å²) in [5.41, 5.74) is 0.493. The van der Waals surface area contributed by atoms with Gasteiger partial charge in [0.2, 0.25) is 15.9 Å². The van der Waals surface area contributed by atoms with Crippen molar-refractivity contribution in [3.05, 3.63) is 28.7 Å². The molecule has 0 spiro atoms. The predicted octanol–water partition coefficient (Wildman–Crippen LogP) is 3.00. The zero-order valence-electron chi connectivity index (χ0n) is 13.7. The molecule has 1 saturated heterocycles. The maximum absolute atomic E-state index is 12.7. The number of benzene rings is 1. The first-order valence-electron chi connectivity index (χ1n) is 7.74. The molecule has 2 atom stereocenters. The molecule has 5 nitrogen and oxygen atoms in total. The molecule has 23 heavy (non-hydrogen) atoms. The number of rotatable bonds is 4. The second-order valence-corrected chi connectivity index (χ2v) is 9.00. The zero-order chi connectivity index (χ0) is 17.2. The molecule has 2 rings (SSSR count). The largest absolute Gasteiger partial charge is 0.336 e. The van der Waals surface area contributed by atoms with Crippen LogP contribution in [0.5, 0.6) is 0 Å². The molecule has 0 saturated carbocycles. The predicted molar refractivity (Wildman–Crippen MR) is 96.0 cm³/mol. The van der Waals surface area contributed by atoms with E-state index in [4.69, 9.17) is 0 Å². The summed E-state index contributed by atoms with van der Waals surface area (Å²) >= 11 is 3.34. The number of carbonyl (C=O) groups excluding carboxylic acids is 1. The third-order valence-electron chi connectivity index (χ3n) is 4.26. The maximum atomic E-state index is 12.7. The molecule has 0 N–H and O–H groups in total. The number of amides is 1. The highest BCUT2D eigenvalue weighted by Crippen LogP contribution is 2.25. The molecule has 1 amide bonds. The topological polar surface area (TPSA) is 57.7 Å². The van der Waals surface area contributed by atoms with Gasteiger partial charge in [0.15, 0.2) is 0 Å². The van der Waals surface area contributed by atoms with Crippen LogP contribution in [0.15, 0.2) is 28.7 Å².